The van der Waals surface area contributed by atoms with E-state index >= 15 is 0 Å². The van der Waals surface area contributed by atoms with Crippen LogP contribution in [0, 0.1) is 6.92 Å². The normalized spacial score (nSPS) is 22.3. The second-order valence-corrected chi connectivity index (χ2v) is 5.54. The predicted octanol–water partition coefficient (Wildman–Crippen LogP) is 2.55. The number of hydrogen-bond acceptors (Lipinski definition) is 2. The number of nitrogens with zero attached hydrogens (tertiary/aromatic N) is 1. The van der Waals surface area contributed by atoms with Crippen LogP contribution >= 0.6 is 15.9 Å². The Kier molecular flexibility index (Phi) is 4.00. The molecule has 1 aliphatic heterocycles. The van der Waals surface area contributed by atoms with Crippen molar-refractivity contribution in [3.8, 4) is 0 Å². The molecule has 2 nitrogen and oxygen atoms in total. The Balaban J connectivity index is 2.02. The monoisotopic (exact) mass is 282 g/mol. The van der Waals surface area contributed by atoms with Gasteiger partial charge in [-0.05, 0) is 31.0 Å². The zero-order valence-electron chi connectivity index (χ0n) is 9.96. The van der Waals surface area contributed by atoms with Crippen LogP contribution in [0.1, 0.15) is 18.1 Å². The Hall–Kier alpha value is -0.380. The summed E-state index contributed by atoms with van der Waals surface area (Å²) in [5.41, 5.74) is 2.70. The summed E-state index contributed by atoms with van der Waals surface area (Å²) >= 11 is 3.65. The van der Waals surface area contributed by atoms with Crippen molar-refractivity contribution in [2.75, 3.05) is 19.6 Å². The van der Waals surface area contributed by atoms with E-state index in [1.54, 1.807) is 0 Å². The smallest absolute Gasteiger partial charge is 0.0246 e. The van der Waals surface area contributed by atoms with E-state index in [9.17, 15) is 0 Å². The maximum Gasteiger partial charge on any atom is 0.0246 e. The lowest BCUT2D eigenvalue weighted by Crippen LogP contribution is -2.48. The second kappa shape index (κ2) is 5.30. The van der Waals surface area contributed by atoms with Crippen molar-refractivity contribution in [1.29, 1.82) is 0 Å². The van der Waals surface area contributed by atoms with Crippen LogP contribution in [0.3, 0.4) is 0 Å². The summed E-state index contributed by atoms with van der Waals surface area (Å²) in [5.74, 6) is 0. The Morgan fingerprint density at radius 3 is 3.00 bits per heavy atom. The van der Waals surface area contributed by atoms with Gasteiger partial charge in [0.15, 0.2) is 0 Å². The Labute approximate surface area is 106 Å². The van der Waals surface area contributed by atoms with Gasteiger partial charge in [-0.2, -0.15) is 0 Å². The third-order valence-corrected chi connectivity index (χ3v) is 3.79. The van der Waals surface area contributed by atoms with Crippen molar-refractivity contribution in [3.63, 3.8) is 0 Å². The number of halogens is 1. The Morgan fingerprint density at radius 1 is 1.50 bits per heavy atom. The zero-order valence-corrected chi connectivity index (χ0v) is 11.5. The molecule has 0 spiro atoms. The van der Waals surface area contributed by atoms with E-state index in [1.165, 1.54) is 15.6 Å². The van der Waals surface area contributed by atoms with Gasteiger partial charge in [0.05, 0.1) is 0 Å². The Morgan fingerprint density at radius 2 is 2.31 bits per heavy atom. The highest BCUT2D eigenvalue weighted by molar-refractivity contribution is 9.10. The summed E-state index contributed by atoms with van der Waals surface area (Å²) < 4.78 is 1.23. The van der Waals surface area contributed by atoms with Crippen molar-refractivity contribution in [2.24, 2.45) is 0 Å². The topological polar surface area (TPSA) is 15.3 Å². The fraction of sp³-hybridized carbons (Fsp3) is 0.538. The largest absolute Gasteiger partial charge is 0.312 e. The van der Waals surface area contributed by atoms with Crippen molar-refractivity contribution < 1.29 is 0 Å². The van der Waals surface area contributed by atoms with Crippen LogP contribution in [0.25, 0.3) is 0 Å². The average Bonchev–Trinajstić information content (AvgIpc) is 2.22. The first-order valence-electron chi connectivity index (χ1n) is 5.86. The quantitative estimate of drug-likeness (QED) is 0.897. The minimum Gasteiger partial charge on any atom is -0.312 e. The summed E-state index contributed by atoms with van der Waals surface area (Å²) in [4.78, 5) is 2.51. The van der Waals surface area contributed by atoms with Crippen molar-refractivity contribution in [2.45, 2.75) is 26.4 Å². The van der Waals surface area contributed by atoms with Gasteiger partial charge in [0.2, 0.25) is 0 Å². The number of piperazine rings is 1. The molecule has 3 heteroatoms. The van der Waals surface area contributed by atoms with Gasteiger partial charge in [-0.3, -0.25) is 4.90 Å². The third-order valence-electron chi connectivity index (χ3n) is 3.06. The molecule has 0 saturated carbocycles. The maximum atomic E-state index is 3.65. The number of hydrogen-bond donors (Lipinski definition) is 1. The minimum atomic E-state index is 0.609. The van der Waals surface area contributed by atoms with Gasteiger partial charge in [0.25, 0.3) is 0 Å². The molecule has 1 atom stereocenters. The van der Waals surface area contributed by atoms with E-state index in [-0.39, 0.29) is 0 Å². The highest BCUT2D eigenvalue weighted by Crippen LogP contribution is 2.20. The number of rotatable bonds is 2. The highest BCUT2D eigenvalue weighted by atomic mass is 79.9. The van der Waals surface area contributed by atoms with Crippen molar-refractivity contribution in [1.82, 2.24) is 10.2 Å². The van der Waals surface area contributed by atoms with Crippen LogP contribution in [-0.2, 0) is 6.54 Å². The fourth-order valence-electron chi connectivity index (χ4n) is 2.18. The molecule has 2 rings (SSSR count). The molecule has 1 aliphatic rings. The Bertz CT molecular complexity index is 365. The molecule has 1 aromatic rings. The van der Waals surface area contributed by atoms with Gasteiger partial charge in [-0.15, -0.1) is 0 Å². The van der Waals surface area contributed by atoms with Gasteiger partial charge in [-0.1, -0.05) is 28.1 Å². The van der Waals surface area contributed by atoms with Crippen LogP contribution in [0.15, 0.2) is 22.7 Å². The zero-order chi connectivity index (χ0) is 11.5. The third kappa shape index (κ3) is 3.06. The van der Waals surface area contributed by atoms with Crippen LogP contribution in [0.5, 0.6) is 0 Å². The molecule has 1 aromatic carbocycles. The summed E-state index contributed by atoms with van der Waals surface area (Å²) in [6.45, 7) is 8.81. The van der Waals surface area contributed by atoms with Gasteiger partial charge in [0.1, 0.15) is 0 Å². The van der Waals surface area contributed by atoms with Gasteiger partial charge in [-0.25, -0.2) is 0 Å². The predicted molar refractivity (Wildman–Crippen MR) is 71.6 cm³/mol. The first kappa shape index (κ1) is 12.1. The van der Waals surface area contributed by atoms with E-state index in [1.807, 2.05) is 0 Å². The first-order valence-corrected chi connectivity index (χ1v) is 6.65. The molecule has 1 heterocycles. The molecule has 0 unspecified atom stereocenters. The van der Waals surface area contributed by atoms with E-state index in [0.717, 1.165) is 26.2 Å². The minimum absolute atomic E-state index is 0.609. The lowest BCUT2D eigenvalue weighted by atomic mass is 10.1. The van der Waals surface area contributed by atoms with Crippen LogP contribution in [-0.4, -0.2) is 30.6 Å². The maximum absolute atomic E-state index is 3.65. The molecular formula is C13H19BrN2. The lowest BCUT2D eigenvalue weighted by Gasteiger charge is -2.32. The summed E-state index contributed by atoms with van der Waals surface area (Å²) in [6, 6.07) is 7.22. The first-order chi connectivity index (χ1) is 7.65. The molecule has 0 aromatic heterocycles. The molecule has 88 valence electrons. The average molecular weight is 283 g/mol. The summed E-state index contributed by atoms with van der Waals surface area (Å²) in [7, 11) is 0. The van der Waals surface area contributed by atoms with E-state index in [2.05, 4.69) is 58.2 Å². The fourth-order valence-corrected chi connectivity index (χ4v) is 2.80. The second-order valence-electron chi connectivity index (χ2n) is 4.69. The highest BCUT2D eigenvalue weighted by Gasteiger charge is 2.16. The molecule has 16 heavy (non-hydrogen) atoms. The summed E-state index contributed by atoms with van der Waals surface area (Å²) in [5, 5.41) is 3.47. The van der Waals surface area contributed by atoms with Gasteiger partial charge < -0.3 is 5.32 Å². The SMILES string of the molecule is Cc1ccc(CN2CCN[C@H](C)C2)c(Br)c1. The standard InChI is InChI=1S/C13H19BrN2/c1-10-3-4-12(13(14)7-10)9-16-6-5-15-11(2)8-16/h3-4,7,11,15H,5-6,8-9H2,1-2H3/t11-/m1/s1. The van der Waals surface area contributed by atoms with Crippen LogP contribution in [0.4, 0.5) is 0 Å². The number of benzene rings is 1. The summed E-state index contributed by atoms with van der Waals surface area (Å²) in [6.07, 6.45) is 0. The van der Waals surface area contributed by atoms with E-state index in [4.69, 9.17) is 0 Å². The molecule has 1 fully saturated rings. The molecule has 1 N–H and O–H groups in total. The van der Waals surface area contributed by atoms with E-state index in [0.29, 0.717) is 6.04 Å². The molecular weight excluding hydrogens is 264 g/mol. The lowest BCUT2D eigenvalue weighted by molar-refractivity contribution is 0.199. The van der Waals surface area contributed by atoms with Gasteiger partial charge >= 0.3 is 0 Å². The van der Waals surface area contributed by atoms with Gasteiger partial charge in [0, 0.05) is 36.7 Å². The number of aryl methyl sites for hydroxylation is 1. The van der Waals surface area contributed by atoms with Crippen LogP contribution in [0.2, 0.25) is 0 Å². The molecule has 0 amide bonds. The molecule has 0 radical (unpaired) electrons. The van der Waals surface area contributed by atoms with E-state index < -0.39 is 0 Å². The molecule has 0 aliphatic carbocycles. The van der Waals surface area contributed by atoms with Crippen molar-refractivity contribution >= 4 is 15.9 Å². The molecule has 1 saturated heterocycles. The van der Waals surface area contributed by atoms with Crippen LogP contribution < -0.4 is 5.32 Å². The van der Waals surface area contributed by atoms with Crippen molar-refractivity contribution in [3.05, 3.63) is 33.8 Å². The molecule has 0 bridgehead atoms. The number of nitrogens with one attached hydrogen (secondary N) is 1.